The molecule has 0 unspecified atom stereocenters. The Kier molecular flexibility index (Phi) is 4.06. The largest absolute Gasteiger partial charge is 0.426 e. The summed E-state index contributed by atoms with van der Waals surface area (Å²) in [6, 6.07) is 7.36. The Morgan fingerprint density at radius 3 is 2.67 bits per heavy atom. The van der Waals surface area contributed by atoms with Crippen LogP contribution in [0.4, 0.5) is 0 Å². The maximum atomic E-state index is 10.3. The summed E-state index contributed by atoms with van der Waals surface area (Å²) >= 11 is 0. The standard InChI is InChI=1S/C17H23N5O2/c1-4-19-9-13-20-14-15(21(13)10-17(2,3)23)11-7-5-6-8-12(11)22(24)16(14)18/h5-8,18-19,23-24H,4,9-10H2,1-3H3. The quantitative estimate of drug-likeness (QED) is 0.534. The third kappa shape index (κ3) is 2.76. The van der Waals surface area contributed by atoms with Crippen molar-refractivity contribution in [2.75, 3.05) is 6.54 Å². The Labute approximate surface area is 139 Å². The van der Waals surface area contributed by atoms with Gasteiger partial charge in [0.1, 0.15) is 11.3 Å². The van der Waals surface area contributed by atoms with Crippen LogP contribution in [-0.2, 0) is 13.1 Å². The number of para-hydroxylation sites is 1. The summed E-state index contributed by atoms with van der Waals surface area (Å²) in [5.74, 6) is 0.735. The van der Waals surface area contributed by atoms with Gasteiger partial charge in [-0.05, 0) is 26.5 Å². The van der Waals surface area contributed by atoms with Crippen molar-refractivity contribution < 1.29 is 10.3 Å². The molecule has 0 bridgehead atoms. The van der Waals surface area contributed by atoms with Gasteiger partial charge in [-0.1, -0.05) is 25.1 Å². The highest BCUT2D eigenvalue weighted by atomic mass is 16.5. The number of pyridine rings is 1. The van der Waals surface area contributed by atoms with Crippen LogP contribution < -0.4 is 10.8 Å². The Morgan fingerprint density at radius 1 is 1.29 bits per heavy atom. The Hall–Kier alpha value is -2.38. The number of fused-ring (bicyclic) bond motifs is 3. The predicted molar refractivity (Wildman–Crippen MR) is 91.9 cm³/mol. The van der Waals surface area contributed by atoms with Crippen molar-refractivity contribution in [2.24, 2.45) is 0 Å². The molecule has 2 aromatic heterocycles. The summed E-state index contributed by atoms with van der Waals surface area (Å²) in [7, 11) is 0. The molecule has 24 heavy (non-hydrogen) atoms. The van der Waals surface area contributed by atoms with Gasteiger partial charge in [0.05, 0.1) is 29.7 Å². The van der Waals surface area contributed by atoms with E-state index in [0.29, 0.717) is 24.1 Å². The average Bonchev–Trinajstić information content (AvgIpc) is 2.87. The van der Waals surface area contributed by atoms with E-state index in [2.05, 4.69) is 10.3 Å². The molecule has 0 saturated heterocycles. The number of hydrogen-bond acceptors (Lipinski definition) is 5. The van der Waals surface area contributed by atoms with Crippen molar-refractivity contribution in [3.05, 3.63) is 35.6 Å². The van der Waals surface area contributed by atoms with E-state index in [1.54, 1.807) is 19.9 Å². The lowest BCUT2D eigenvalue weighted by Gasteiger charge is -2.21. The van der Waals surface area contributed by atoms with Crippen molar-refractivity contribution in [3.63, 3.8) is 0 Å². The Bertz CT molecular complexity index is 949. The first-order chi connectivity index (χ1) is 11.3. The highest BCUT2D eigenvalue weighted by molar-refractivity contribution is 6.02. The summed E-state index contributed by atoms with van der Waals surface area (Å²) in [6.45, 7) is 7.17. The number of nitrogens with zero attached hydrogens (tertiary/aromatic N) is 3. The monoisotopic (exact) mass is 329 g/mol. The van der Waals surface area contributed by atoms with E-state index in [9.17, 15) is 10.3 Å². The first-order valence-electron chi connectivity index (χ1n) is 8.03. The third-order valence-corrected chi connectivity index (χ3v) is 3.95. The van der Waals surface area contributed by atoms with Gasteiger partial charge in [0.2, 0.25) is 0 Å². The van der Waals surface area contributed by atoms with E-state index in [1.165, 1.54) is 0 Å². The predicted octanol–water partition coefficient (Wildman–Crippen LogP) is 1.59. The van der Waals surface area contributed by atoms with E-state index >= 15 is 0 Å². The van der Waals surface area contributed by atoms with Crippen molar-refractivity contribution >= 4 is 21.9 Å². The molecule has 3 rings (SSSR count). The molecule has 0 saturated carbocycles. The van der Waals surface area contributed by atoms with Crippen LogP contribution in [-0.4, -0.2) is 36.7 Å². The summed E-state index contributed by atoms with van der Waals surface area (Å²) in [5, 5.41) is 32.9. The fraction of sp³-hybridized carbons (Fsp3) is 0.412. The van der Waals surface area contributed by atoms with Crippen molar-refractivity contribution in [1.82, 2.24) is 19.6 Å². The fourth-order valence-corrected chi connectivity index (χ4v) is 2.95. The molecule has 0 atom stereocenters. The Balaban J connectivity index is 2.41. The Morgan fingerprint density at radius 2 is 2.00 bits per heavy atom. The molecule has 0 amide bonds. The smallest absolute Gasteiger partial charge is 0.189 e. The van der Waals surface area contributed by atoms with Crippen LogP contribution in [0.3, 0.4) is 0 Å². The summed E-state index contributed by atoms with van der Waals surface area (Å²) in [6.07, 6.45) is 0. The highest BCUT2D eigenvalue weighted by Gasteiger charge is 2.22. The molecule has 0 fully saturated rings. The molecule has 0 radical (unpaired) electrons. The lowest BCUT2D eigenvalue weighted by Crippen LogP contribution is -2.28. The second-order valence-electron chi connectivity index (χ2n) is 6.58. The van der Waals surface area contributed by atoms with Crippen LogP contribution in [0.2, 0.25) is 0 Å². The maximum absolute atomic E-state index is 10.3. The van der Waals surface area contributed by atoms with Gasteiger partial charge in [-0.2, -0.15) is 4.73 Å². The molecule has 0 aliphatic heterocycles. The minimum atomic E-state index is -0.928. The SMILES string of the molecule is CCNCc1nc2c(=N)n(O)c3ccccc3c2n1CC(C)(C)O. The topological polar surface area (TPSA) is 99.1 Å². The zero-order valence-electron chi connectivity index (χ0n) is 14.2. The maximum Gasteiger partial charge on any atom is 0.189 e. The van der Waals surface area contributed by atoms with E-state index in [1.807, 2.05) is 29.7 Å². The minimum Gasteiger partial charge on any atom is -0.426 e. The number of nitrogens with one attached hydrogen (secondary N) is 2. The molecule has 0 spiro atoms. The minimum absolute atomic E-state index is 0.0593. The van der Waals surface area contributed by atoms with Gasteiger partial charge < -0.3 is 20.2 Å². The van der Waals surface area contributed by atoms with E-state index in [4.69, 9.17) is 5.41 Å². The van der Waals surface area contributed by atoms with Crippen molar-refractivity contribution in [3.8, 4) is 0 Å². The van der Waals surface area contributed by atoms with Gasteiger partial charge in [-0.15, -0.1) is 0 Å². The molecule has 0 aliphatic carbocycles. The lowest BCUT2D eigenvalue weighted by molar-refractivity contribution is 0.0618. The van der Waals surface area contributed by atoms with Gasteiger partial charge in [0.25, 0.3) is 0 Å². The van der Waals surface area contributed by atoms with Gasteiger partial charge >= 0.3 is 0 Å². The van der Waals surface area contributed by atoms with Gasteiger partial charge in [-0.25, -0.2) is 4.98 Å². The second-order valence-corrected chi connectivity index (χ2v) is 6.58. The molecule has 7 heteroatoms. The van der Waals surface area contributed by atoms with Gasteiger partial charge in [0, 0.05) is 5.39 Å². The summed E-state index contributed by atoms with van der Waals surface area (Å²) in [4.78, 5) is 4.57. The number of aliphatic hydroxyl groups is 1. The van der Waals surface area contributed by atoms with Crippen LogP contribution >= 0.6 is 0 Å². The molecule has 4 N–H and O–H groups in total. The van der Waals surface area contributed by atoms with E-state index < -0.39 is 5.60 Å². The van der Waals surface area contributed by atoms with E-state index in [0.717, 1.165) is 28.0 Å². The van der Waals surface area contributed by atoms with Gasteiger partial charge in [-0.3, -0.25) is 5.41 Å². The summed E-state index contributed by atoms with van der Waals surface area (Å²) in [5.41, 5.74) is 0.741. The molecule has 0 aliphatic rings. The molecule has 3 aromatic rings. The van der Waals surface area contributed by atoms with Crippen LogP contribution in [0.5, 0.6) is 0 Å². The molecule has 2 heterocycles. The average molecular weight is 329 g/mol. The normalized spacial score (nSPS) is 12.3. The highest BCUT2D eigenvalue weighted by Crippen LogP contribution is 2.25. The van der Waals surface area contributed by atoms with Gasteiger partial charge in [0.15, 0.2) is 5.49 Å². The zero-order chi connectivity index (χ0) is 17.5. The van der Waals surface area contributed by atoms with Crippen molar-refractivity contribution in [2.45, 2.75) is 39.5 Å². The molecular weight excluding hydrogens is 306 g/mol. The fourth-order valence-electron chi connectivity index (χ4n) is 2.95. The lowest BCUT2D eigenvalue weighted by atomic mass is 10.1. The van der Waals surface area contributed by atoms with E-state index in [-0.39, 0.29) is 5.49 Å². The van der Waals surface area contributed by atoms with Crippen molar-refractivity contribution in [1.29, 1.82) is 5.41 Å². The second kappa shape index (κ2) is 5.92. The number of rotatable bonds is 5. The van der Waals surface area contributed by atoms with Crippen LogP contribution in [0, 0.1) is 5.41 Å². The van der Waals surface area contributed by atoms with Crippen LogP contribution in [0.15, 0.2) is 24.3 Å². The number of aromatic nitrogens is 3. The third-order valence-electron chi connectivity index (χ3n) is 3.95. The number of imidazole rings is 1. The molecule has 1 aromatic carbocycles. The first-order valence-corrected chi connectivity index (χ1v) is 8.03. The summed E-state index contributed by atoms with van der Waals surface area (Å²) < 4.78 is 2.80. The molecule has 128 valence electrons. The number of benzene rings is 1. The zero-order valence-corrected chi connectivity index (χ0v) is 14.2. The van der Waals surface area contributed by atoms with Crippen LogP contribution in [0.1, 0.15) is 26.6 Å². The molecular formula is C17H23N5O2. The van der Waals surface area contributed by atoms with Crippen LogP contribution in [0.25, 0.3) is 21.9 Å². The first kappa shape index (κ1) is 16.5. The number of hydrogen-bond donors (Lipinski definition) is 4. The molecule has 7 nitrogen and oxygen atoms in total.